The van der Waals surface area contributed by atoms with Gasteiger partial charge in [-0.05, 0) is 42.5 Å². The van der Waals surface area contributed by atoms with Crippen LogP contribution >= 0.6 is 11.6 Å². The van der Waals surface area contributed by atoms with Gasteiger partial charge in [-0.2, -0.15) is 0 Å². The lowest BCUT2D eigenvalue weighted by Gasteiger charge is -2.17. The molecule has 1 saturated heterocycles. The van der Waals surface area contributed by atoms with E-state index in [1.54, 1.807) is 23.1 Å². The number of carbonyl (C=O) groups excluding carboxylic acids is 2. The molecule has 25 heavy (non-hydrogen) atoms. The Morgan fingerprint density at radius 1 is 1.20 bits per heavy atom. The highest BCUT2D eigenvalue weighted by molar-refractivity contribution is 6.31. The maximum Gasteiger partial charge on any atom is 0.229 e. The van der Waals surface area contributed by atoms with Gasteiger partial charge >= 0.3 is 0 Å². The second-order valence-electron chi connectivity index (χ2n) is 6.32. The number of carbonyl (C=O) groups is 2. The third kappa shape index (κ3) is 3.94. The molecule has 0 bridgehead atoms. The van der Waals surface area contributed by atoms with Gasteiger partial charge in [-0.25, -0.2) is 0 Å². The normalized spacial score (nSPS) is 16.8. The Kier molecular flexibility index (Phi) is 4.95. The van der Waals surface area contributed by atoms with Gasteiger partial charge in [0.15, 0.2) is 0 Å². The lowest BCUT2D eigenvalue weighted by molar-refractivity contribution is -0.122. The van der Waals surface area contributed by atoms with Crippen LogP contribution in [0.2, 0.25) is 5.02 Å². The summed E-state index contributed by atoms with van der Waals surface area (Å²) in [6, 6.07) is 14.7. The number of benzene rings is 2. The molecule has 3 rings (SSSR count). The maximum atomic E-state index is 12.5. The van der Waals surface area contributed by atoms with Gasteiger partial charge in [-0.1, -0.05) is 17.7 Å². The number of hydrogen-bond donors (Lipinski definition) is 1. The molecule has 1 atom stereocenters. The molecule has 0 radical (unpaired) electrons. The Morgan fingerprint density at radius 3 is 2.56 bits per heavy atom. The first kappa shape index (κ1) is 17.3. The number of halogens is 1. The summed E-state index contributed by atoms with van der Waals surface area (Å²) in [6.45, 7) is 0.362. The third-order valence-electron chi connectivity index (χ3n) is 4.27. The summed E-state index contributed by atoms with van der Waals surface area (Å²) in [6.07, 6.45) is 0.203. The fourth-order valence-electron chi connectivity index (χ4n) is 2.86. The van der Waals surface area contributed by atoms with Gasteiger partial charge in [0.25, 0.3) is 0 Å². The highest BCUT2D eigenvalue weighted by Crippen LogP contribution is 2.28. The molecule has 6 heteroatoms. The molecule has 1 unspecified atom stereocenters. The van der Waals surface area contributed by atoms with Crippen LogP contribution in [0.1, 0.15) is 6.42 Å². The van der Waals surface area contributed by atoms with E-state index in [9.17, 15) is 9.59 Å². The summed E-state index contributed by atoms with van der Waals surface area (Å²) in [7, 11) is 3.92. The molecule has 1 heterocycles. The average Bonchev–Trinajstić information content (AvgIpc) is 2.97. The standard InChI is InChI=1S/C19H20ClN3O2/c1-22(2)16-8-6-15(7-9-16)21-19(25)13-10-18(24)23(12-13)17-5-3-4-14(20)11-17/h3-9,11,13H,10,12H2,1-2H3,(H,21,25). The van der Waals surface area contributed by atoms with Crippen LogP contribution in [0.4, 0.5) is 17.1 Å². The Morgan fingerprint density at radius 2 is 1.92 bits per heavy atom. The van der Waals surface area contributed by atoms with Crippen molar-refractivity contribution < 1.29 is 9.59 Å². The molecule has 0 aliphatic carbocycles. The number of hydrogen-bond acceptors (Lipinski definition) is 3. The Bertz CT molecular complexity index is 790. The lowest BCUT2D eigenvalue weighted by Crippen LogP contribution is -2.28. The van der Waals surface area contributed by atoms with Gasteiger partial charge < -0.3 is 15.1 Å². The molecule has 130 valence electrons. The SMILES string of the molecule is CN(C)c1ccc(NC(=O)C2CC(=O)N(c3cccc(Cl)c3)C2)cc1. The Balaban J connectivity index is 1.66. The van der Waals surface area contributed by atoms with Crippen LogP contribution in [0.5, 0.6) is 0 Å². The molecule has 1 aliphatic heterocycles. The second kappa shape index (κ2) is 7.15. The Labute approximate surface area is 152 Å². The zero-order chi connectivity index (χ0) is 18.0. The fourth-order valence-corrected chi connectivity index (χ4v) is 3.05. The van der Waals surface area contributed by atoms with Gasteiger partial charge in [-0.15, -0.1) is 0 Å². The zero-order valence-electron chi connectivity index (χ0n) is 14.2. The van der Waals surface area contributed by atoms with Crippen molar-refractivity contribution in [2.75, 3.05) is 35.8 Å². The van der Waals surface area contributed by atoms with Crippen molar-refractivity contribution in [2.45, 2.75) is 6.42 Å². The first-order chi connectivity index (χ1) is 11.9. The highest BCUT2D eigenvalue weighted by atomic mass is 35.5. The van der Waals surface area contributed by atoms with Gasteiger partial charge in [-0.3, -0.25) is 9.59 Å². The molecule has 1 N–H and O–H groups in total. The molecule has 5 nitrogen and oxygen atoms in total. The maximum absolute atomic E-state index is 12.5. The first-order valence-corrected chi connectivity index (χ1v) is 8.46. The summed E-state index contributed by atoms with van der Waals surface area (Å²) in [5, 5.41) is 3.46. The third-order valence-corrected chi connectivity index (χ3v) is 4.50. The number of amides is 2. The predicted octanol–water partition coefficient (Wildman–Crippen LogP) is 3.40. The van der Waals surface area contributed by atoms with Crippen molar-refractivity contribution >= 4 is 40.5 Å². The van der Waals surface area contributed by atoms with Crippen molar-refractivity contribution in [1.82, 2.24) is 0 Å². The van der Waals surface area contributed by atoms with Crippen LogP contribution in [0.3, 0.4) is 0 Å². The topological polar surface area (TPSA) is 52.7 Å². The molecule has 1 aliphatic rings. The molecule has 0 saturated carbocycles. The highest BCUT2D eigenvalue weighted by Gasteiger charge is 2.35. The number of nitrogens with one attached hydrogen (secondary N) is 1. The summed E-state index contributed by atoms with van der Waals surface area (Å²) < 4.78 is 0. The van der Waals surface area contributed by atoms with E-state index in [-0.39, 0.29) is 24.2 Å². The Hall–Kier alpha value is -2.53. The molecular weight excluding hydrogens is 338 g/mol. The van der Waals surface area contributed by atoms with Crippen LogP contribution in [-0.4, -0.2) is 32.5 Å². The quantitative estimate of drug-likeness (QED) is 0.912. The second-order valence-corrected chi connectivity index (χ2v) is 6.75. The van der Waals surface area contributed by atoms with Gasteiger partial charge in [0.2, 0.25) is 11.8 Å². The molecule has 2 aromatic carbocycles. The van der Waals surface area contributed by atoms with E-state index in [0.29, 0.717) is 11.6 Å². The predicted molar refractivity (Wildman–Crippen MR) is 101 cm³/mol. The largest absolute Gasteiger partial charge is 0.378 e. The molecule has 2 amide bonds. The van der Waals surface area contributed by atoms with E-state index in [1.807, 2.05) is 49.3 Å². The van der Waals surface area contributed by atoms with Crippen molar-refractivity contribution in [2.24, 2.45) is 5.92 Å². The van der Waals surface area contributed by atoms with Crippen LogP contribution in [0.25, 0.3) is 0 Å². The van der Waals surface area contributed by atoms with Crippen LogP contribution in [0, 0.1) is 5.92 Å². The van der Waals surface area contributed by atoms with E-state index >= 15 is 0 Å². The van der Waals surface area contributed by atoms with E-state index in [4.69, 9.17) is 11.6 Å². The van der Waals surface area contributed by atoms with Crippen molar-refractivity contribution in [3.63, 3.8) is 0 Å². The lowest BCUT2D eigenvalue weighted by atomic mass is 10.1. The minimum Gasteiger partial charge on any atom is -0.378 e. The number of nitrogens with zero attached hydrogens (tertiary/aromatic N) is 2. The average molecular weight is 358 g/mol. The van der Waals surface area contributed by atoms with Gasteiger partial charge in [0, 0.05) is 49.1 Å². The monoisotopic (exact) mass is 357 g/mol. The smallest absolute Gasteiger partial charge is 0.229 e. The fraction of sp³-hybridized carbons (Fsp3) is 0.263. The van der Waals surface area contributed by atoms with E-state index < -0.39 is 0 Å². The summed E-state index contributed by atoms with van der Waals surface area (Å²) >= 11 is 5.99. The van der Waals surface area contributed by atoms with Crippen molar-refractivity contribution in [1.29, 1.82) is 0 Å². The van der Waals surface area contributed by atoms with Crippen molar-refractivity contribution in [3.8, 4) is 0 Å². The van der Waals surface area contributed by atoms with Gasteiger partial charge in [0.05, 0.1) is 5.92 Å². The zero-order valence-corrected chi connectivity index (χ0v) is 15.0. The summed E-state index contributed by atoms with van der Waals surface area (Å²) in [5.74, 6) is -0.583. The first-order valence-electron chi connectivity index (χ1n) is 8.08. The van der Waals surface area contributed by atoms with Crippen LogP contribution in [-0.2, 0) is 9.59 Å². The van der Waals surface area contributed by atoms with E-state index in [0.717, 1.165) is 17.1 Å². The molecule has 0 aromatic heterocycles. The minimum atomic E-state index is -0.375. The van der Waals surface area contributed by atoms with E-state index in [2.05, 4.69) is 5.32 Å². The van der Waals surface area contributed by atoms with Gasteiger partial charge in [0.1, 0.15) is 0 Å². The molecule has 1 fully saturated rings. The number of anilines is 3. The molecule has 2 aromatic rings. The van der Waals surface area contributed by atoms with Crippen molar-refractivity contribution in [3.05, 3.63) is 53.6 Å². The summed E-state index contributed by atoms with van der Waals surface area (Å²) in [5.41, 5.74) is 2.51. The minimum absolute atomic E-state index is 0.0645. The van der Waals surface area contributed by atoms with E-state index in [1.165, 1.54) is 0 Å². The molecule has 0 spiro atoms. The molecular formula is C19H20ClN3O2. The number of rotatable bonds is 4. The summed E-state index contributed by atoms with van der Waals surface area (Å²) in [4.78, 5) is 28.4. The van der Waals surface area contributed by atoms with Crippen LogP contribution in [0.15, 0.2) is 48.5 Å². The van der Waals surface area contributed by atoms with Crippen LogP contribution < -0.4 is 15.1 Å².